The number of anilines is 1. The molecule has 0 saturated carbocycles. The van der Waals surface area contributed by atoms with E-state index in [4.69, 9.17) is 4.74 Å². The van der Waals surface area contributed by atoms with Gasteiger partial charge in [-0.3, -0.25) is 13.9 Å². The maximum atomic E-state index is 14.7. The SMILES string of the molecule is CCc1ccccc1N(CC(=O)N(Cc1cccc(OC)c1)C(Cc1ccccc1)C(=O)NC(C)CC)S(=O)(=O)c1ccc(C)cc1. The van der Waals surface area contributed by atoms with Crippen molar-refractivity contribution in [1.82, 2.24) is 10.2 Å². The molecule has 8 nitrogen and oxygen atoms in total. The molecule has 0 saturated heterocycles. The summed E-state index contributed by atoms with van der Waals surface area (Å²) >= 11 is 0. The highest BCUT2D eigenvalue weighted by molar-refractivity contribution is 7.92. The van der Waals surface area contributed by atoms with E-state index in [-0.39, 0.29) is 29.8 Å². The van der Waals surface area contributed by atoms with E-state index in [9.17, 15) is 18.0 Å². The summed E-state index contributed by atoms with van der Waals surface area (Å²) in [6.45, 7) is 7.30. The van der Waals surface area contributed by atoms with Crippen molar-refractivity contribution in [2.45, 2.75) is 70.5 Å². The minimum Gasteiger partial charge on any atom is -0.497 e. The van der Waals surface area contributed by atoms with Gasteiger partial charge >= 0.3 is 0 Å². The highest BCUT2D eigenvalue weighted by Crippen LogP contribution is 2.29. The van der Waals surface area contributed by atoms with E-state index >= 15 is 0 Å². The zero-order valence-corrected chi connectivity index (χ0v) is 28.7. The van der Waals surface area contributed by atoms with Crippen molar-refractivity contribution in [2.24, 2.45) is 0 Å². The van der Waals surface area contributed by atoms with E-state index in [0.29, 0.717) is 24.3 Å². The third-order valence-electron chi connectivity index (χ3n) is 8.29. The van der Waals surface area contributed by atoms with Gasteiger partial charge < -0.3 is 15.0 Å². The van der Waals surface area contributed by atoms with Crippen molar-refractivity contribution < 1.29 is 22.7 Å². The Morgan fingerprint density at radius 3 is 2.17 bits per heavy atom. The minimum atomic E-state index is -4.18. The predicted molar refractivity (Wildman–Crippen MR) is 187 cm³/mol. The first-order valence-electron chi connectivity index (χ1n) is 16.0. The van der Waals surface area contributed by atoms with Crippen molar-refractivity contribution in [2.75, 3.05) is 18.0 Å². The zero-order valence-electron chi connectivity index (χ0n) is 27.8. The van der Waals surface area contributed by atoms with Crippen LogP contribution in [0.1, 0.15) is 49.4 Å². The van der Waals surface area contributed by atoms with Crippen LogP contribution < -0.4 is 14.4 Å². The number of aryl methyl sites for hydroxylation is 2. The van der Waals surface area contributed by atoms with Gasteiger partial charge in [-0.25, -0.2) is 8.42 Å². The summed E-state index contributed by atoms with van der Waals surface area (Å²) in [6, 6.07) is 29.6. The molecule has 4 aromatic rings. The number of benzene rings is 4. The van der Waals surface area contributed by atoms with Gasteiger partial charge in [0.1, 0.15) is 18.3 Å². The Kier molecular flexibility index (Phi) is 12.2. The van der Waals surface area contributed by atoms with Crippen molar-refractivity contribution in [1.29, 1.82) is 0 Å². The number of carbonyl (C=O) groups is 2. The lowest BCUT2D eigenvalue weighted by Gasteiger charge is -2.34. The maximum Gasteiger partial charge on any atom is 0.264 e. The van der Waals surface area contributed by atoms with Crippen LogP contribution in [0, 0.1) is 6.92 Å². The smallest absolute Gasteiger partial charge is 0.264 e. The second-order valence-corrected chi connectivity index (χ2v) is 13.6. The first kappa shape index (κ1) is 35.2. The van der Waals surface area contributed by atoms with Crippen LogP contribution in [0.15, 0.2) is 108 Å². The van der Waals surface area contributed by atoms with E-state index in [2.05, 4.69) is 5.32 Å². The average molecular weight is 656 g/mol. The van der Waals surface area contributed by atoms with E-state index in [1.165, 1.54) is 9.21 Å². The molecule has 0 bridgehead atoms. The van der Waals surface area contributed by atoms with E-state index in [0.717, 1.165) is 22.3 Å². The Balaban J connectivity index is 1.84. The molecule has 0 aromatic heterocycles. The molecular weight excluding hydrogens is 611 g/mol. The largest absolute Gasteiger partial charge is 0.497 e. The number of para-hydroxylation sites is 1. The molecule has 2 amide bonds. The number of carbonyl (C=O) groups excluding carboxylic acids is 2. The lowest BCUT2D eigenvalue weighted by molar-refractivity contribution is -0.140. The lowest BCUT2D eigenvalue weighted by Crippen LogP contribution is -2.54. The fourth-order valence-corrected chi connectivity index (χ4v) is 6.82. The number of methoxy groups -OCH3 is 1. The molecule has 4 rings (SSSR count). The molecule has 0 spiro atoms. The van der Waals surface area contributed by atoms with Gasteiger partial charge in [0, 0.05) is 19.0 Å². The molecule has 2 atom stereocenters. The predicted octanol–water partition coefficient (Wildman–Crippen LogP) is 6.32. The van der Waals surface area contributed by atoms with E-state index < -0.39 is 28.5 Å². The van der Waals surface area contributed by atoms with Crippen molar-refractivity contribution >= 4 is 27.5 Å². The van der Waals surface area contributed by atoms with Crippen LogP contribution in [0.5, 0.6) is 5.75 Å². The van der Waals surface area contributed by atoms with Gasteiger partial charge in [0.15, 0.2) is 0 Å². The van der Waals surface area contributed by atoms with E-state index in [1.807, 2.05) is 94.4 Å². The van der Waals surface area contributed by atoms with Crippen LogP contribution in [0.2, 0.25) is 0 Å². The first-order chi connectivity index (χ1) is 22.6. The Morgan fingerprint density at radius 1 is 0.851 bits per heavy atom. The quantitative estimate of drug-likeness (QED) is 0.162. The fourth-order valence-electron chi connectivity index (χ4n) is 5.37. The van der Waals surface area contributed by atoms with Gasteiger partial charge in [-0.2, -0.15) is 0 Å². The number of nitrogens with zero attached hydrogens (tertiary/aromatic N) is 2. The molecule has 1 N–H and O–H groups in total. The topological polar surface area (TPSA) is 96.0 Å². The van der Waals surface area contributed by atoms with Crippen LogP contribution in [-0.4, -0.2) is 50.9 Å². The molecule has 9 heteroatoms. The number of rotatable bonds is 15. The lowest BCUT2D eigenvalue weighted by atomic mass is 10.0. The number of ether oxygens (including phenoxy) is 1. The molecule has 0 aliphatic heterocycles. The molecule has 0 aliphatic carbocycles. The van der Waals surface area contributed by atoms with Gasteiger partial charge in [-0.15, -0.1) is 0 Å². The summed E-state index contributed by atoms with van der Waals surface area (Å²) in [4.78, 5) is 30.3. The summed E-state index contributed by atoms with van der Waals surface area (Å²) in [7, 11) is -2.61. The summed E-state index contributed by atoms with van der Waals surface area (Å²) in [5, 5.41) is 3.07. The van der Waals surface area contributed by atoms with Crippen molar-refractivity contribution in [3.8, 4) is 5.75 Å². The Labute approximate surface area is 279 Å². The maximum absolute atomic E-state index is 14.7. The van der Waals surface area contributed by atoms with E-state index in [1.54, 1.807) is 43.5 Å². The van der Waals surface area contributed by atoms with Crippen LogP contribution >= 0.6 is 0 Å². The Bertz CT molecular complexity index is 1740. The number of sulfonamides is 1. The molecule has 248 valence electrons. The number of hydrogen-bond acceptors (Lipinski definition) is 5. The highest BCUT2D eigenvalue weighted by Gasteiger charge is 2.35. The van der Waals surface area contributed by atoms with Crippen LogP contribution in [0.3, 0.4) is 0 Å². The first-order valence-corrected chi connectivity index (χ1v) is 17.4. The third-order valence-corrected chi connectivity index (χ3v) is 10.1. The highest BCUT2D eigenvalue weighted by atomic mass is 32.2. The van der Waals surface area contributed by atoms with Crippen LogP contribution in [0.25, 0.3) is 0 Å². The van der Waals surface area contributed by atoms with Crippen LogP contribution in [-0.2, 0) is 39.0 Å². The normalized spacial score (nSPS) is 12.5. The molecule has 0 aliphatic rings. The second kappa shape index (κ2) is 16.3. The summed E-state index contributed by atoms with van der Waals surface area (Å²) in [5.41, 5.74) is 3.75. The van der Waals surface area contributed by atoms with Gasteiger partial charge in [-0.1, -0.05) is 92.2 Å². The Morgan fingerprint density at radius 2 is 1.51 bits per heavy atom. The molecule has 4 aromatic carbocycles. The average Bonchev–Trinajstić information content (AvgIpc) is 3.09. The van der Waals surface area contributed by atoms with Crippen molar-refractivity contribution in [3.63, 3.8) is 0 Å². The number of nitrogens with one attached hydrogen (secondary N) is 1. The number of amides is 2. The molecule has 0 radical (unpaired) electrons. The monoisotopic (exact) mass is 655 g/mol. The fraction of sp³-hybridized carbons (Fsp3) is 0.316. The van der Waals surface area contributed by atoms with Crippen molar-refractivity contribution in [3.05, 3.63) is 125 Å². The summed E-state index contributed by atoms with van der Waals surface area (Å²) in [5.74, 6) is -0.199. The summed E-state index contributed by atoms with van der Waals surface area (Å²) in [6.07, 6.45) is 1.52. The standard InChI is InChI=1S/C38H45N3O5S/c1-6-29(4)39-38(43)36(25-30-14-9-8-10-15-30)40(26-31-16-13-18-33(24-31)46-5)37(42)27-41(35-19-12-11-17-32(35)7-2)47(44,45)34-22-20-28(3)21-23-34/h8-24,29,36H,6-7,25-27H2,1-5H3,(H,39,43). The Hall–Kier alpha value is -4.63. The molecule has 0 heterocycles. The minimum absolute atomic E-state index is 0.0648. The van der Waals surface area contributed by atoms with Gasteiger partial charge in [0.25, 0.3) is 10.0 Å². The zero-order chi connectivity index (χ0) is 34.0. The molecular formula is C38H45N3O5S. The third kappa shape index (κ3) is 9.01. The molecule has 47 heavy (non-hydrogen) atoms. The van der Waals surface area contributed by atoms with Gasteiger partial charge in [0.2, 0.25) is 11.8 Å². The van der Waals surface area contributed by atoms with Gasteiger partial charge in [-0.05, 0) is 73.7 Å². The summed E-state index contributed by atoms with van der Waals surface area (Å²) < 4.78 is 35.3. The number of hydrogen-bond donors (Lipinski definition) is 1. The van der Waals surface area contributed by atoms with Crippen LogP contribution in [0.4, 0.5) is 5.69 Å². The van der Waals surface area contributed by atoms with Gasteiger partial charge in [0.05, 0.1) is 17.7 Å². The molecule has 2 unspecified atom stereocenters. The second-order valence-electron chi connectivity index (χ2n) is 11.7. The molecule has 0 fully saturated rings.